The first-order valence-corrected chi connectivity index (χ1v) is 8.28. The van der Waals surface area contributed by atoms with Gasteiger partial charge in [0.15, 0.2) is 5.96 Å². The fourth-order valence-electron chi connectivity index (χ4n) is 2.50. The number of methoxy groups -OCH3 is 1. The molecule has 2 N–H and O–H groups in total. The van der Waals surface area contributed by atoms with Crippen molar-refractivity contribution in [2.45, 2.75) is 25.8 Å². The molecule has 2 aromatic carbocycles. The average molecular weight is 343 g/mol. The maximum absolute atomic E-state index is 13.2. The van der Waals surface area contributed by atoms with Gasteiger partial charge in [-0.05, 0) is 35.4 Å². The van der Waals surface area contributed by atoms with Gasteiger partial charge in [-0.3, -0.25) is 4.99 Å². The third-order valence-electron chi connectivity index (χ3n) is 4.14. The summed E-state index contributed by atoms with van der Waals surface area (Å²) >= 11 is 0. The van der Waals surface area contributed by atoms with Crippen LogP contribution in [0.1, 0.15) is 25.0 Å². The molecule has 0 amide bonds. The van der Waals surface area contributed by atoms with Crippen LogP contribution in [0.5, 0.6) is 5.75 Å². The van der Waals surface area contributed by atoms with E-state index in [0.29, 0.717) is 19.0 Å². The molecule has 0 bridgehead atoms. The molecule has 4 nitrogen and oxygen atoms in total. The van der Waals surface area contributed by atoms with Gasteiger partial charge in [-0.2, -0.15) is 0 Å². The van der Waals surface area contributed by atoms with Crippen molar-refractivity contribution in [3.8, 4) is 5.75 Å². The molecule has 2 rings (SSSR count). The topological polar surface area (TPSA) is 45.7 Å². The number of halogens is 1. The summed E-state index contributed by atoms with van der Waals surface area (Å²) in [6.45, 7) is 5.56. The minimum atomic E-state index is -0.233. The lowest BCUT2D eigenvalue weighted by Crippen LogP contribution is -2.43. The van der Waals surface area contributed by atoms with E-state index >= 15 is 0 Å². The number of hydrogen-bond donors (Lipinski definition) is 2. The molecular weight excluding hydrogens is 317 g/mol. The summed E-state index contributed by atoms with van der Waals surface area (Å²) in [4.78, 5) is 4.23. The molecule has 0 radical (unpaired) electrons. The number of hydrogen-bond acceptors (Lipinski definition) is 2. The minimum absolute atomic E-state index is 0.0806. The molecule has 0 unspecified atom stereocenters. The Morgan fingerprint density at radius 3 is 2.44 bits per heavy atom. The van der Waals surface area contributed by atoms with Crippen LogP contribution in [0.25, 0.3) is 0 Å². The van der Waals surface area contributed by atoms with Crippen LogP contribution in [0.15, 0.2) is 53.5 Å². The second-order valence-electron chi connectivity index (χ2n) is 6.52. The number of ether oxygens (including phenoxy) is 1. The highest BCUT2D eigenvalue weighted by Gasteiger charge is 2.21. The number of rotatable bonds is 6. The highest BCUT2D eigenvalue weighted by Crippen LogP contribution is 2.24. The Morgan fingerprint density at radius 1 is 1.12 bits per heavy atom. The highest BCUT2D eigenvalue weighted by atomic mass is 19.1. The molecule has 5 heteroatoms. The molecule has 0 aromatic heterocycles. The summed E-state index contributed by atoms with van der Waals surface area (Å²) in [6.07, 6.45) is 0. The lowest BCUT2D eigenvalue weighted by molar-refractivity contribution is 0.414. The third kappa shape index (κ3) is 5.48. The number of aliphatic imine (C=N–C) groups is 1. The van der Waals surface area contributed by atoms with E-state index in [1.807, 2.05) is 18.2 Å². The predicted octanol–water partition coefficient (Wildman–Crippen LogP) is 3.48. The Morgan fingerprint density at radius 2 is 1.84 bits per heavy atom. The van der Waals surface area contributed by atoms with Gasteiger partial charge in [0.25, 0.3) is 0 Å². The Hall–Kier alpha value is -2.56. The fourth-order valence-corrected chi connectivity index (χ4v) is 2.50. The molecule has 0 spiro atoms. The van der Waals surface area contributed by atoms with Gasteiger partial charge >= 0.3 is 0 Å². The largest absolute Gasteiger partial charge is 0.497 e. The standard InChI is InChI=1S/C20H26FN3O/c1-20(2,16-8-10-18(25-4)11-9-16)14-24-19(22-3)23-13-15-6-5-7-17(21)12-15/h5-12H,13-14H2,1-4H3,(H2,22,23,24). The zero-order valence-electron chi connectivity index (χ0n) is 15.3. The Balaban J connectivity index is 1.92. The SMILES string of the molecule is CN=C(NCc1cccc(F)c1)NCC(C)(C)c1ccc(OC)cc1. The van der Waals surface area contributed by atoms with Crippen LogP contribution < -0.4 is 15.4 Å². The predicted molar refractivity (Wildman–Crippen MR) is 101 cm³/mol. The maximum atomic E-state index is 13.2. The van der Waals surface area contributed by atoms with Crippen molar-refractivity contribution in [1.82, 2.24) is 10.6 Å². The lowest BCUT2D eigenvalue weighted by Gasteiger charge is -2.27. The van der Waals surface area contributed by atoms with Crippen LogP contribution in [0.2, 0.25) is 0 Å². The summed E-state index contributed by atoms with van der Waals surface area (Å²) in [5, 5.41) is 6.54. The molecule has 0 atom stereocenters. The van der Waals surface area contributed by atoms with Crippen molar-refractivity contribution in [3.63, 3.8) is 0 Å². The Kier molecular flexibility index (Phi) is 6.39. The van der Waals surface area contributed by atoms with Crippen molar-refractivity contribution in [2.24, 2.45) is 4.99 Å². The zero-order chi connectivity index (χ0) is 18.3. The molecule has 0 aliphatic rings. The highest BCUT2D eigenvalue weighted by molar-refractivity contribution is 5.79. The maximum Gasteiger partial charge on any atom is 0.191 e. The average Bonchev–Trinajstić information content (AvgIpc) is 2.62. The normalized spacial score (nSPS) is 12.0. The molecule has 0 aliphatic heterocycles. The van der Waals surface area contributed by atoms with Gasteiger partial charge in [-0.15, -0.1) is 0 Å². The van der Waals surface area contributed by atoms with Crippen molar-refractivity contribution in [3.05, 3.63) is 65.5 Å². The van der Waals surface area contributed by atoms with Crippen LogP contribution in [0, 0.1) is 5.82 Å². The molecule has 0 aliphatic carbocycles. The summed E-state index contributed by atoms with van der Waals surface area (Å²) in [7, 11) is 3.39. The molecule has 0 fully saturated rings. The van der Waals surface area contributed by atoms with Gasteiger partial charge in [0.2, 0.25) is 0 Å². The number of benzene rings is 2. The third-order valence-corrected chi connectivity index (χ3v) is 4.14. The van der Waals surface area contributed by atoms with Gasteiger partial charge in [0.05, 0.1) is 7.11 Å². The van der Waals surface area contributed by atoms with Crippen molar-refractivity contribution >= 4 is 5.96 Å². The van der Waals surface area contributed by atoms with Gasteiger partial charge < -0.3 is 15.4 Å². The first-order valence-electron chi connectivity index (χ1n) is 8.28. The van der Waals surface area contributed by atoms with E-state index in [9.17, 15) is 4.39 Å². The van der Waals surface area contributed by atoms with E-state index < -0.39 is 0 Å². The molecule has 0 heterocycles. The van der Waals surface area contributed by atoms with Crippen molar-refractivity contribution < 1.29 is 9.13 Å². The van der Waals surface area contributed by atoms with E-state index in [0.717, 1.165) is 11.3 Å². The Labute approximate surface area is 149 Å². The van der Waals surface area contributed by atoms with Crippen LogP contribution in [-0.4, -0.2) is 26.7 Å². The minimum Gasteiger partial charge on any atom is -0.497 e. The molecule has 2 aromatic rings. The molecule has 134 valence electrons. The van der Waals surface area contributed by atoms with Crippen molar-refractivity contribution in [1.29, 1.82) is 0 Å². The Bertz CT molecular complexity index is 711. The van der Waals surface area contributed by atoms with Gasteiger partial charge in [0.1, 0.15) is 11.6 Å². The van der Waals surface area contributed by atoms with Crippen LogP contribution in [-0.2, 0) is 12.0 Å². The van der Waals surface area contributed by atoms with Gasteiger partial charge in [-0.25, -0.2) is 4.39 Å². The quantitative estimate of drug-likeness (QED) is 0.623. The molecule has 0 saturated heterocycles. The van der Waals surface area contributed by atoms with E-state index in [2.05, 4.69) is 41.6 Å². The molecular formula is C20H26FN3O. The van der Waals surface area contributed by atoms with Gasteiger partial charge in [0, 0.05) is 25.6 Å². The van der Waals surface area contributed by atoms with Crippen molar-refractivity contribution in [2.75, 3.05) is 20.7 Å². The van der Waals surface area contributed by atoms with E-state index in [4.69, 9.17) is 4.74 Å². The first kappa shape index (κ1) is 18.8. The monoisotopic (exact) mass is 343 g/mol. The second-order valence-corrected chi connectivity index (χ2v) is 6.52. The lowest BCUT2D eigenvalue weighted by atomic mass is 9.84. The summed E-state index contributed by atoms with van der Waals surface area (Å²) in [5.41, 5.74) is 2.00. The number of guanidine groups is 1. The summed E-state index contributed by atoms with van der Waals surface area (Å²) in [5.74, 6) is 1.30. The summed E-state index contributed by atoms with van der Waals surface area (Å²) < 4.78 is 18.4. The summed E-state index contributed by atoms with van der Waals surface area (Å²) in [6, 6.07) is 14.6. The van der Waals surface area contributed by atoms with E-state index in [1.165, 1.54) is 17.7 Å². The smallest absolute Gasteiger partial charge is 0.191 e. The second kappa shape index (κ2) is 8.51. The molecule has 25 heavy (non-hydrogen) atoms. The first-order chi connectivity index (χ1) is 11.9. The van der Waals surface area contributed by atoms with Crippen LogP contribution in [0.4, 0.5) is 4.39 Å². The zero-order valence-corrected chi connectivity index (χ0v) is 15.3. The van der Waals surface area contributed by atoms with E-state index in [-0.39, 0.29) is 11.2 Å². The number of nitrogens with one attached hydrogen (secondary N) is 2. The molecule has 0 saturated carbocycles. The van der Waals surface area contributed by atoms with Gasteiger partial charge in [-0.1, -0.05) is 38.1 Å². The van der Waals surface area contributed by atoms with E-state index in [1.54, 1.807) is 20.2 Å². The van der Waals surface area contributed by atoms with Crippen LogP contribution in [0.3, 0.4) is 0 Å². The number of nitrogens with zero attached hydrogens (tertiary/aromatic N) is 1. The van der Waals surface area contributed by atoms with Crippen LogP contribution >= 0.6 is 0 Å². The fraction of sp³-hybridized carbons (Fsp3) is 0.350.